The lowest BCUT2D eigenvalue weighted by Gasteiger charge is -2.24. The van der Waals surface area contributed by atoms with E-state index in [0.717, 1.165) is 0 Å². The zero-order chi connectivity index (χ0) is 7.40. The largest absolute Gasteiger partial charge is 0.371 e. The van der Waals surface area contributed by atoms with E-state index >= 15 is 0 Å². The Morgan fingerprint density at radius 2 is 2.30 bits per heavy atom. The first-order valence-electron chi connectivity index (χ1n) is 3.19. The van der Waals surface area contributed by atoms with Crippen LogP contribution in [0.15, 0.2) is 0 Å². The Balaban J connectivity index is 2.25. The van der Waals surface area contributed by atoms with E-state index in [1.54, 1.807) is 0 Å². The maximum atomic E-state index is 8.36. The molecular weight excluding hydrogens is 132 g/mol. The van der Waals surface area contributed by atoms with Gasteiger partial charge in [-0.3, -0.25) is 0 Å². The molecule has 0 aromatic rings. The molecule has 0 bridgehead atoms. The fourth-order valence-electron chi connectivity index (χ4n) is 0.754. The van der Waals surface area contributed by atoms with Gasteiger partial charge in [-0.15, -0.1) is 0 Å². The second kappa shape index (κ2) is 3.52. The third kappa shape index (κ3) is 1.67. The van der Waals surface area contributed by atoms with Crippen LogP contribution in [0.25, 0.3) is 0 Å². The molecule has 0 saturated carbocycles. The van der Waals surface area contributed by atoms with Crippen LogP contribution in [0.2, 0.25) is 0 Å². The summed E-state index contributed by atoms with van der Waals surface area (Å²) in [5.41, 5.74) is 5.30. The number of rotatable bonds is 1. The first-order chi connectivity index (χ1) is 4.86. The van der Waals surface area contributed by atoms with Crippen molar-refractivity contribution in [1.29, 1.82) is 5.26 Å². The highest BCUT2D eigenvalue weighted by atomic mass is 16.6. The van der Waals surface area contributed by atoms with Gasteiger partial charge in [-0.1, -0.05) is 0 Å². The second-order valence-electron chi connectivity index (χ2n) is 2.14. The van der Waals surface area contributed by atoms with Crippen molar-refractivity contribution in [3.63, 3.8) is 0 Å². The summed E-state index contributed by atoms with van der Waals surface area (Å²) in [6, 6.07) is 1.96. The third-order valence-corrected chi connectivity index (χ3v) is 1.37. The highest BCUT2D eigenvalue weighted by Crippen LogP contribution is 2.04. The van der Waals surface area contributed by atoms with Gasteiger partial charge in [-0.2, -0.15) is 5.26 Å². The molecule has 56 valence electrons. The maximum absolute atomic E-state index is 8.36. The van der Waals surface area contributed by atoms with E-state index in [0.29, 0.717) is 19.8 Å². The summed E-state index contributed by atoms with van der Waals surface area (Å²) in [4.78, 5) is 0. The predicted octanol–water partition coefficient (Wildman–Crippen LogP) is -0.747. The molecule has 0 aromatic heterocycles. The lowest BCUT2D eigenvalue weighted by molar-refractivity contribution is -0.109. The minimum atomic E-state index is -0.400. The Labute approximate surface area is 59.5 Å². The zero-order valence-corrected chi connectivity index (χ0v) is 5.62. The SMILES string of the molecule is N#C[C@H]1CO[C@H](CN)CO1. The molecule has 10 heavy (non-hydrogen) atoms. The molecule has 0 unspecified atom stereocenters. The smallest absolute Gasteiger partial charge is 0.167 e. The summed E-state index contributed by atoms with van der Waals surface area (Å²) in [6.07, 6.45) is -0.424. The van der Waals surface area contributed by atoms with E-state index in [2.05, 4.69) is 0 Å². The number of hydrogen-bond acceptors (Lipinski definition) is 4. The Hall–Kier alpha value is -0.630. The van der Waals surface area contributed by atoms with Gasteiger partial charge < -0.3 is 15.2 Å². The van der Waals surface area contributed by atoms with Crippen LogP contribution in [-0.4, -0.2) is 32.0 Å². The summed E-state index contributed by atoms with van der Waals surface area (Å²) in [5, 5.41) is 8.36. The van der Waals surface area contributed by atoms with Gasteiger partial charge in [-0.25, -0.2) is 0 Å². The van der Waals surface area contributed by atoms with Crippen molar-refractivity contribution >= 4 is 0 Å². The molecule has 4 heteroatoms. The third-order valence-electron chi connectivity index (χ3n) is 1.37. The van der Waals surface area contributed by atoms with Crippen LogP contribution in [0.1, 0.15) is 0 Å². The van der Waals surface area contributed by atoms with Gasteiger partial charge in [0, 0.05) is 6.54 Å². The number of nitriles is 1. The Bertz CT molecular complexity index is 135. The van der Waals surface area contributed by atoms with Crippen molar-refractivity contribution in [3.05, 3.63) is 0 Å². The zero-order valence-electron chi connectivity index (χ0n) is 5.62. The van der Waals surface area contributed by atoms with Crippen molar-refractivity contribution in [2.45, 2.75) is 12.2 Å². The molecule has 1 aliphatic rings. The first-order valence-corrected chi connectivity index (χ1v) is 3.19. The fourth-order valence-corrected chi connectivity index (χ4v) is 0.754. The molecule has 0 aromatic carbocycles. The number of ether oxygens (including phenoxy) is 2. The van der Waals surface area contributed by atoms with Gasteiger partial charge in [0.05, 0.1) is 25.4 Å². The van der Waals surface area contributed by atoms with Crippen LogP contribution in [0.3, 0.4) is 0 Å². The molecule has 0 radical (unpaired) electrons. The van der Waals surface area contributed by atoms with Crippen molar-refractivity contribution in [2.24, 2.45) is 5.73 Å². The quantitative estimate of drug-likeness (QED) is 0.523. The van der Waals surface area contributed by atoms with Crippen LogP contribution < -0.4 is 5.73 Å². The molecule has 0 amide bonds. The Morgan fingerprint density at radius 1 is 1.50 bits per heavy atom. The molecule has 2 N–H and O–H groups in total. The highest BCUT2D eigenvalue weighted by Gasteiger charge is 2.19. The van der Waals surface area contributed by atoms with Gasteiger partial charge in [-0.05, 0) is 0 Å². The van der Waals surface area contributed by atoms with E-state index in [1.165, 1.54) is 0 Å². The first kappa shape index (κ1) is 7.48. The summed E-state index contributed by atoms with van der Waals surface area (Å²) in [6.45, 7) is 1.24. The van der Waals surface area contributed by atoms with Gasteiger partial charge >= 0.3 is 0 Å². The van der Waals surface area contributed by atoms with E-state index in [4.69, 9.17) is 20.5 Å². The summed E-state index contributed by atoms with van der Waals surface area (Å²) in [5.74, 6) is 0. The van der Waals surface area contributed by atoms with Crippen LogP contribution in [0.4, 0.5) is 0 Å². The molecule has 1 saturated heterocycles. The molecule has 1 fully saturated rings. The van der Waals surface area contributed by atoms with Crippen LogP contribution >= 0.6 is 0 Å². The monoisotopic (exact) mass is 142 g/mol. The van der Waals surface area contributed by atoms with E-state index < -0.39 is 6.10 Å². The van der Waals surface area contributed by atoms with Gasteiger partial charge in [0.2, 0.25) is 0 Å². The minimum Gasteiger partial charge on any atom is -0.371 e. The molecule has 0 aliphatic carbocycles. The standard InChI is InChI=1S/C6H10N2O2/c7-1-5-3-10-6(2-8)4-9-5/h5-6H,1,3-4,7H2/t5-,6+/m1/s1. The second-order valence-corrected chi connectivity index (χ2v) is 2.14. The minimum absolute atomic E-state index is 0.0235. The lowest BCUT2D eigenvalue weighted by atomic mass is 10.3. The summed E-state index contributed by atoms with van der Waals surface area (Å²) in [7, 11) is 0. The average Bonchev–Trinajstić information content (AvgIpc) is 2.05. The molecule has 1 aliphatic heterocycles. The molecule has 2 atom stereocenters. The number of nitrogens with two attached hydrogens (primary N) is 1. The van der Waals surface area contributed by atoms with Gasteiger partial charge in [0.25, 0.3) is 0 Å². The fraction of sp³-hybridized carbons (Fsp3) is 0.833. The topological polar surface area (TPSA) is 68.3 Å². The van der Waals surface area contributed by atoms with Crippen molar-refractivity contribution in [3.8, 4) is 6.07 Å². The molecule has 4 nitrogen and oxygen atoms in total. The number of hydrogen-bond donors (Lipinski definition) is 1. The maximum Gasteiger partial charge on any atom is 0.167 e. The molecule has 0 spiro atoms. The Morgan fingerprint density at radius 3 is 2.70 bits per heavy atom. The average molecular weight is 142 g/mol. The number of nitrogens with zero attached hydrogens (tertiary/aromatic N) is 1. The van der Waals surface area contributed by atoms with E-state index in [9.17, 15) is 0 Å². The molecule has 1 heterocycles. The van der Waals surface area contributed by atoms with Gasteiger partial charge in [0.1, 0.15) is 0 Å². The normalized spacial score (nSPS) is 33.2. The Kier molecular flexibility index (Phi) is 2.63. The van der Waals surface area contributed by atoms with Crippen molar-refractivity contribution < 1.29 is 9.47 Å². The predicted molar refractivity (Wildman–Crippen MR) is 34.1 cm³/mol. The lowest BCUT2D eigenvalue weighted by Crippen LogP contribution is -2.39. The van der Waals surface area contributed by atoms with Gasteiger partial charge in [0.15, 0.2) is 6.10 Å². The van der Waals surface area contributed by atoms with E-state index in [1.807, 2.05) is 6.07 Å². The summed E-state index contributed by atoms with van der Waals surface area (Å²) < 4.78 is 10.2. The molecular formula is C6H10N2O2. The highest BCUT2D eigenvalue weighted by molar-refractivity contribution is 4.86. The van der Waals surface area contributed by atoms with Crippen molar-refractivity contribution in [1.82, 2.24) is 0 Å². The van der Waals surface area contributed by atoms with Crippen LogP contribution in [0, 0.1) is 11.3 Å². The van der Waals surface area contributed by atoms with Crippen molar-refractivity contribution in [2.75, 3.05) is 19.8 Å². The molecule has 1 rings (SSSR count). The van der Waals surface area contributed by atoms with Crippen LogP contribution in [0.5, 0.6) is 0 Å². The van der Waals surface area contributed by atoms with Crippen LogP contribution in [-0.2, 0) is 9.47 Å². The summed E-state index contributed by atoms with van der Waals surface area (Å²) >= 11 is 0. The van der Waals surface area contributed by atoms with E-state index in [-0.39, 0.29) is 6.10 Å².